The molecule has 2 unspecified atom stereocenters. The summed E-state index contributed by atoms with van der Waals surface area (Å²) >= 11 is 1.86. The average molecular weight is 252 g/mol. The van der Waals surface area contributed by atoms with Gasteiger partial charge in [0, 0.05) is 23.0 Å². The molecule has 1 aliphatic rings. The Morgan fingerprint density at radius 3 is 2.94 bits per heavy atom. The maximum Gasteiger partial charge on any atom is 0.0411 e. The molecule has 0 bridgehead atoms. The molecule has 1 fully saturated rings. The molecule has 2 heterocycles. The predicted molar refractivity (Wildman–Crippen MR) is 75.6 cm³/mol. The summed E-state index contributed by atoms with van der Waals surface area (Å²) in [5.41, 5.74) is 0.361. The molecule has 0 spiro atoms. The summed E-state index contributed by atoms with van der Waals surface area (Å²) in [6.45, 7) is 6.96. The molecule has 96 valence electrons. The van der Waals surface area contributed by atoms with E-state index in [-0.39, 0.29) is 0 Å². The topological polar surface area (TPSA) is 15.3 Å². The van der Waals surface area contributed by atoms with Crippen molar-refractivity contribution in [3.05, 3.63) is 22.4 Å². The smallest absolute Gasteiger partial charge is 0.0411 e. The van der Waals surface area contributed by atoms with Crippen molar-refractivity contribution in [3.8, 4) is 0 Å². The van der Waals surface area contributed by atoms with Crippen LogP contribution in [0.15, 0.2) is 17.5 Å². The van der Waals surface area contributed by atoms with Gasteiger partial charge < -0.3 is 5.32 Å². The van der Waals surface area contributed by atoms with E-state index >= 15 is 0 Å². The summed E-state index contributed by atoms with van der Waals surface area (Å²) in [4.78, 5) is 3.96. The number of hydrogen-bond acceptors (Lipinski definition) is 3. The Hall–Kier alpha value is -0.380. The van der Waals surface area contributed by atoms with Gasteiger partial charge in [-0.1, -0.05) is 13.0 Å². The minimum atomic E-state index is 0.361. The maximum absolute atomic E-state index is 3.71. The van der Waals surface area contributed by atoms with Crippen molar-refractivity contribution in [2.24, 2.45) is 0 Å². The summed E-state index contributed by atoms with van der Waals surface area (Å²) in [6, 6.07) is 4.92. The van der Waals surface area contributed by atoms with E-state index in [1.807, 2.05) is 11.3 Å². The molecular formula is C14H24N2S. The van der Waals surface area contributed by atoms with E-state index in [1.54, 1.807) is 0 Å². The zero-order valence-corrected chi connectivity index (χ0v) is 12.0. The van der Waals surface area contributed by atoms with E-state index in [0.29, 0.717) is 11.6 Å². The number of nitrogens with zero attached hydrogens (tertiary/aromatic N) is 1. The minimum Gasteiger partial charge on any atom is -0.310 e. The first-order valence-corrected chi connectivity index (χ1v) is 7.53. The van der Waals surface area contributed by atoms with E-state index < -0.39 is 0 Å². The Balaban J connectivity index is 1.98. The largest absolute Gasteiger partial charge is 0.310 e. The molecule has 17 heavy (non-hydrogen) atoms. The molecule has 2 nitrogen and oxygen atoms in total. The van der Waals surface area contributed by atoms with Crippen LogP contribution in [0.1, 0.15) is 44.0 Å². The molecule has 1 aromatic rings. The average Bonchev–Trinajstić information content (AvgIpc) is 2.99. The van der Waals surface area contributed by atoms with E-state index in [2.05, 4.69) is 48.6 Å². The van der Waals surface area contributed by atoms with Crippen LogP contribution in [0.5, 0.6) is 0 Å². The van der Waals surface area contributed by atoms with Crippen LogP contribution >= 0.6 is 11.3 Å². The molecule has 1 saturated heterocycles. The Morgan fingerprint density at radius 2 is 2.41 bits per heavy atom. The van der Waals surface area contributed by atoms with Crippen molar-refractivity contribution < 1.29 is 0 Å². The first-order valence-electron chi connectivity index (χ1n) is 6.65. The second kappa shape index (κ2) is 5.51. The van der Waals surface area contributed by atoms with Crippen LogP contribution in [0.25, 0.3) is 0 Å². The Labute approximate surface area is 109 Å². The van der Waals surface area contributed by atoms with Gasteiger partial charge in [0.25, 0.3) is 0 Å². The van der Waals surface area contributed by atoms with Crippen molar-refractivity contribution in [1.29, 1.82) is 0 Å². The summed E-state index contributed by atoms with van der Waals surface area (Å²) in [5.74, 6) is 0. The molecule has 1 aromatic heterocycles. The molecule has 2 atom stereocenters. The number of likely N-dealkylation sites (N-methyl/N-ethyl adjacent to an activating group) is 1. The Kier molecular flexibility index (Phi) is 4.23. The van der Waals surface area contributed by atoms with Crippen LogP contribution in [0.3, 0.4) is 0 Å². The first kappa shape index (κ1) is 13.1. The summed E-state index contributed by atoms with van der Waals surface area (Å²) in [7, 11) is 2.25. The SMILES string of the molecule is CCC1(CN(C)C(C)c2cccs2)CCCN1. The minimum absolute atomic E-state index is 0.361. The molecular weight excluding hydrogens is 228 g/mol. The highest BCUT2D eigenvalue weighted by Gasteiger charge is 2.33. The highest BCUT2D eigenvalue weighted by molar-refractivity contribution is 7.10. The summed E-state index contributed by atoms with van der Waals surface area (Å²) in [6.07, 6.45) is 3.88. The molecule has 2 rings (SSSR count). The molecule has 0 aromatic carbocycles. The Bertz CT molecular complexity index is 328. The van der Waals surface area contributed by atoms with Gasteiger partial charge in [0.15, 0.2) is 0 Å². The van der Waals surface area contributed by atoms with Gasteiger partial charge >= 0.3 is 0 Å². The number of thiophene rings is 1. The number of hydrogen-bond donors (Lipinski definition) is 1. The van der Waals surface area contributed by atoms with Gasteiger partial charge in [-0.3, -0.25) is 4.90 Å². The van der Waals surface area contributed by atoms with Crippen LogP contribution in [-0.2, 0) is 0 Å². The lowest BCUT2D eigenvalue weighted by Gasteiger charge is -2.35. The van der Waals surface area contributed by atoms with Gasteiger partial charge in [-0.25, -0.2) is 0 Å². The van der Waals surface area contributed by atoms with Gasteiger partial charge in [-0.2, -0.15) is 0 Å². The Morgan fingerprint density at radius 1 is 1.59 bits per heavy atom. The third kappa shape index (κ3) is 2.90. The normalized spacial score (nSPS) is 26.6. The molecule has 3 heteroatoms. The van der Waals surface area contributed by atoms with Crippen LogP contribution < -0.4 is 5.32 Å². The fourth-order valence-corrected chi connectivity index (χ4v) is 3.63. The van der Waals surface area contributed by atoms with Gasteiger partial charge in [-0.15, -0.1) is 11.3 Å². The quantitative estimate of drug-likeness (QED) is 0.865. The zero-order chi connectivity index (χ0) is 12.3. The molecule has 1 N–H and O–H groups in total. The predicted octanol–water partition coefficient (Wildman–Crippen LogP) is 3.27. The van der Waals surface area contributed by atoms with Crippen molar-refractivity contribution in [2.75, 3.05) is 20.1 Å². The van der Waals surface area contributed by atoms with Gasteiger partial charge in [0.05, 0.1) is 0 Å². The van der Waals surface area contributed by atoms with Crippen molar-refractivity contribution >= 4 is 11.3 Å². The molecule has 1 aliphatic heterocycles. The van der Waals surface area contributed by atoms with Gasteiger partial charge in [0.2, 0.25) is 0 Å². The summed E-state index contributed by atoms with van der Waals surface area (Å²) < 4.78 is 0. The van der Waals surface area contributed by atoms with Gasteiger partial charge in [0.1, 0.15) is 0 Å². The second-order valence-electron chi connectivity index (χ2n) is 5.27. The van der Waals surface area contributed by atoms with E-state index in [1.165, 1.54) is 30.7 Å². The number of nitrogens with one attached hydrogen (secondary N) is 1. The fraction of sp³-hybridized carbons (Fsp3) is 0.714. The highest BCUT2D eigenvalue weighted by Crippen LogP contribution is 2.29. The number of rotatable bonds is 5. The fourth-order valence-electron chi connectivity index (χ4n) is 2.78. The summed E-state index contributed by atoms with van der Waals surface area (Å²) in [5, 5.41) is 5.88. The highest BCUT2D eigenvalue weighted by atomic mass is 32.1. The van der Waals surface area contributed by atoms with Crippen LogP contribution in [0.2, 0.25) is 0 Å². The monoisotopic (exact) mass is 252 g/mol. The molecule has 0 saturated carbocycles. The third-order valence-electron chi connectivity index (χ3n) is 4.18. The molecule has 0 radical (unpaired) electrons. The van der Waals surface area contributed by atoms with Crippen LogP contribution in [-0.4, -0.2) is 30.6 Å². The van der Waals surface area contributed by atoms with Gasteiger partial charge in [-0.05, 0) is 51.2 Å². The zero-order valence-electron chi connectivity index (χ0n) is 11.2. The first-order chi connectivity index (χ1) is 8.17. The van der Waals surface area contributed by atoms with E-state index in [0.717, 1.165) is 6.54 Å². The van der Waals surface area contributed by atoms with Crippen molar-refractivity contribution in [2.45, 2.75) is 44.7 Å². The second-order valence-corrected chi connectivity index (χ2v) is 6.25. The lowest BCUT2D eigenvalue weighted by Crippen LogP contribution is -2.48. The molecule has 0 aliphatic carbocycles. The standard InChI is InChI=1S/C14H24N2S/c1-4-14(8-6-9-15-14)11-16(3)12(2)13-7-5-10-17-13/h5,7,10,12,15H,4,6,8-9,11H2,1-3H3. The van der Waals surface area contributed by atoms with Crippen molar-refractivity contribution in [3.63, 3.8) is 0 Å². The van der Waals surface area contributed by atoms with E-state index in [9.17, 15) is 0 Å². The van der Waals surface area contributed by atoms with Crippen molar-refractivity contribution in [1.82, 2.24) is 10.2 Å². The maximum atomic E-state index is 3.71. The lowest BCUT2D eigenvalue weighted by atomic mass is 9.93. The third-order valence-corrected chi connectivity index (χ3v) is 5.22. The van der Waals surface area contributed by atoms with Crippen LogP contribution in [0, 0.1) is 0 Å². The van der Waals surface area contributed by atoms with E-state index in [4.69, 9.17) is 0 Å². The van der Waals surface area contributed by atoms with Crippen LogP contribution in [0.4, 0.5) is 0 Å². The molecule has 0 amide bonds. The lowest BCUT2D eigenvalue weighted by molar-refractivity contribution is 0.181.